The molecule has 1 saturated carbocycles. The first kappa shape index (κ1) is 14.1. The lowest BCUT2D eigenvalue weighted by Crippen LogP contribution is -2.58. The van der Waals surface area contributed by atoms with E-state index in [9.17, 15) is 0 Å². The third-order valence-corrected chi connectivity index (χ3v) is 5.28. The Balaban J connectivity index is 1.72. The summed E-state index contributed by atoms with van der Waals surface area (Å²) in [4.78, 5) is 0. The second kappa shape index (κ2) is 6.28. The van der Waals surface area contributed by atoms with Crippen molar-refractivity contribution in [1.82, 2.24) is 5.32 Å². The summed E-state index contributed by atoms with van der Waals surface area (Å²) in [5.74, 6) is 0. The molecule has 0 aromatic heterocycles. The highest BCUT2D eigenvalue weighted by molar-refractivity contribution is 5.32. The molecule has 110 valence electrons. The highest BCUT2D eigenvalue weighted by Gasteiger charge is 2.34. The minimum absolute atomic E-state index is 0.142. The maximum absolute atomic E-state index is 6.19. The molecule has 3 rings (SSSR count). The van der Waals surface area contributed by atoms with Crippen molar-refractivity contribution in [3.8, 4) is 0 Å². The summed E-state index contributed by atoms with van der Waals surface area (Å²) in [6.45, 7) is 0.762. The molecule has 0 aliphatic heterocycles. The molecule has 0 bridgehead atoms. The van der Waals surface area contributed by atoms with Gasteiger partial charge in [0, 0.05) is 18.1 Å². The summed E-state index contributed by atoms with van der Waals surface area (Å²) in [5.41, 5.74) is 9.36. The van der Waals surface area contributed by atoms with Crippen LogP contribution in [0, 0.1) is 0 Å². The number of benzene rings is 1. The Labute approximate surface area is 123 Å². The van der Waals surface area contributed by atoms with E-state index in [-0.39, 0.29) is 5.54 Å². The number of rotatable bonds is 3. The second-order valence-corrected chi connectivity index (χ2v) is 6.76. The average molecular weight is 272 g/mol. The lowest BCUT2D eigenvalue weighted by molar-refractivity contribution is 0.247. The van der Waals surface area contributed by atoms with E-state index >= 15 is 0 Å². The first-order chi connectivity index (χ1) is 9.81. The molecular weight excluding hydrogens is 244 g/mol. The lowest BCUT2D eigenvalue weighted by atomic mass is 9.77. The Morgan fingerprint density at radius 1 is 1.05 bits per heavy atom. The molecule has 1 aromatic rings. The summed E-state index contributed by atoms with van der Waals surface area (Å²) in [6, 6.07) is 9.57. The van der Waals surface area contributed by atoms with Crippen LogP contribution in [-0.2, 0) is 12.8 Å². The number of nitrogens with two attached hydrogens (primary N) is 1. The minimum Gasteiger partial charge on any atom is -0.329 e. The first-order valence-electron chi connectivity index (χ1n) is 8.36. The van der Waals surface area contributed by atoms with Crippen LogP contribution in [0.4, 0.5) is 0 Å². The Hall–Kier alpha value is -0.860. The van der Waals surface area contributed by atoms with Gasteiger partial charge in [-0.3, -0.25) is 0 Å². The summed E-state index contributed by atoms with van der Waals surface area (Å²) >= 11 is 0. The standard InChI is InChI=1S/C18H28N2/c19-14-18(20-17-9-3-1-2-4-10-17)12-11-15-7-5-6-8-16(15)13-18/h5-8,17,20H,1-4,9-14,19H2. The average Bonchev–Trinajstić information content (AvgIpc) is 2.76. The van der Waals surface area contributed by atoms with Gasteiger partial charge < -0.3 is 11.1 Å². The van der Waals surface area contributed by atoms with Gasteiger partial charge in [0.15, 0.2) is 0 Å². The lowest BCUT2D eigenvalue weighted by Gasteiger charge is -2.41. The summed E-state index contributed by atoms with van der Waals surface area (Å²) in [6.07, 6.45) is 11.7. The van der Waals surface area contributed by atoms with E-state index in [0.29, 0.717) is 6.04 Å². The van der Waals surface area contributed by atoms with Gasteiger partial charge in [-0.25, -0.2) is 0 Å². The molecule has 2 aliphatic carbocycles. The van der Waals surface area contributed by atoms with Crippen molar-refractivity contribution in [3.05, 3.63) is 35.4 Å². The summed E-state index contributed by atoms with van der Waals surface area (Å²) < 4.78 is 0. The number of nitrogens with one attached hydrogen (secondary N) is 1. The van der Waals surface area contributed by atoms with E-state index in [1.165, 1.54) is 62.5 Å². The monoisotopic (exact) mass is 272 g/mol. The van der Waals surface area contributed by atoms with Gasteiger partial charge in [0.2, 0.25) is 0 Å². The molecule has 1 aromatic carbocycles. The summed E-state index contributed by atoms with van der Waals surface area (Å²) in [5, 5.41) is 3.98. The predicted molar refractivity (Wildman–Crippen MR) is 84.9 cm³/mol. The van der Waals surface area contributed by atoms with Crippen LogP contribution in [0.1, 0.15) is 56.1 Å². The van der Waals surface area contributed by atoms with Crippen molar-refractivity contribution >= 4 is 0 Å². The van der Waals surface area contributed by atoms with E-state index in [2.05, 4.69) is 29.6 Å². The molecule has 0 spiro atoms. The molecule has 2 aliphatic rings. The van der Waals surface area contributed by atoms with Crippen molar-refractivity contribution in [2.45, 2.75) is 69.4 Å². The fourth-order valence-electron chi connectivity index (χ4n) is 4.01. The molecular formula is C18H28N2. The van der Waals surface area contributed by atoms with Crippen molar-refractivity contribution < 1.29 is 0 Å². The van der Waals surface area contributed by atoms with Crippen molar-refractivity contribution in [2.75, 3.05) is 6.54 Å². The predicted octanol–water partition coefficient (Wildman–Crippen LogP) is 3.19. The van der Waals surface area contributed by atoms with Crippen molar-refractivity contribution in [2.24, 2.45) is 5.73 Å². The Kier molecular flexibility index (Phi) is 4.42. The van der Waals surface area contributed by atoms with E-state index < -0.39 is 0 Å². The molecule has 0 saturated heterocycles. The molecule has 0 heterocycles. The fraction of sp³-hybridized carbons (Fsp3) is 0.667. The van der Waals surface area contributed by atoms with Gasteiger partial charge in [0.1, 0.15) is 0 Å². The van der Waals surface area contributed by atoms with Crippen LogP contribution in [0.2, 0.25) is 0 Å². The Morgan fingerprint density at radius 3 is 2.45 bits per heavy atom. The topological polar surface area (TPSA) is 38.0 Å². The molecule has 3 N–H and O–H groups in total. The minimum atomic E-state index is 0.142. The van der Waals surface area contributed by atoms with Crippen LogP contribution in [-0.4, -0.2) is 18.1 Å². The largest absolute Gasteiger partial charge is 0.329 e. The summed E-state index contributed by atoms with van der Waals surface area (Å²) in [7, 11) is 0. The normalized spacial score (nSPS) is 27.9. The van der Waals surface area contributed by atoms with Crippen LogP contribution in [0.25, 0.3) is 0 Å². The second-order valence-electron chi connectivity index (χ2n) is 6.76. The zero-order valence-corrected chi connectivity index (χ0v) is 12.5. The smallest absolute Gasteiger partial charge is 0.0350 e. The van der Waals surface area contributed by atoms with Crippen LogP contribution in [0.3, 0.4) is 0 Å². The van der Waals surface area contributed by atoms with Crippen molar-refractivity contribution in [1.29, 1.82) is 0 Å². The molecule has 1 atom stereocenters. The Bertz CT molecular complexity index is 435. The number of fused-ring (bicyclic) bond motifs is 1. The zero-order valence-electron chi connectivity index (χ0n) is 12.5. The van der Waals surface area contributed by atoms with Crippen LogP contribution in [0.15, 0.2) is 24.3 Å². The molecule has 2 heteroatoms. The quantitative estimate of drug-likeness (QED) is 0.829. The zero-order chi connectivity index (χ0) is 13.8. The van der Waals surface area contributed by atoms with E-state index in [1.54, 1.807) is 0 Å². The molecule has 1 fully saturated rings. The molecule has 20 heavy (non-hydrogen) atoms. The fourth-order valence-corrected chi connectivity index (χ4v) is 4.01. The Morgan fingerprint density at radius 2 is 1.75 bits per heavy atom. The maximum Gasteiger partial charge on any atom is 0.0350 e. The van der Waals surface area contributed by atoms with Crippen LogP contribution in [0.5, 0.6) is 0 Å². The number of hydrogen-bond donors (Lipinski definition) is 2. The molecule has 0 radical (unpaired) electrons. The highest BCUT2D eigenvalue weighted by atomic mass is 15.0. The molecule has 1 unspecified atom stereocenters. The van der Waals surface area contributed by atoms with Gasteiger partial charge in [-0.2, -0.15) is 0 Å². The number of aryl methyl sites for hydroxylation is 1. The van der Waals surface area contributed by atoms with Gasteiger partial charge in [-0.1, -0.05) is 49.9 Å². The SMILES string of the molecule is NCC1(NC2CCCCCC2)CCc2ccccc2C1. The molecule has 0 amide bonds. The highest BCUT2D eigenvalue weighted by Crippen LogP contribution is 2.30. The van der Waals surface area contributed by atoms with Gasteiger partial charge in [0.25, 0.3) is 0 Å². The van der Waals surface area contributed by atoms with E-state index in [4.69, 9.17) is 5.73 Å². The first-order valence-corrected chi connectivity index (χ1v) is 8.36. The van der Waals surface area contributed by atoms with Crippen molar-refractivity contribution in [3.63, 3.8) is 0 Å². The van der Waals surface area contributed by atoms with E-state index in [0.717, 1.165) is 13.0 Å². The third-order valence-electron chi connectivity index (χ3n) is 5.28. The van der Waals surface area contributed by atoms with Gasteiger partial charge in [-0.15, -0.1) is 0 Å². The van der Waals surface area contributed by atoms with Gasteiger partial charge in [-0.05, 0) is 43.2 Å². The van der Waals surface area contributed by atoms with Crippen LogP contribution < -0.4 is 11.1 Å². The van der Waals surface area contributed by atoms with Crippen LogP contribution >= 0.6 is 0 Å². The molecule has 2 nitrogen and oxygen atoms in total. The van der Waals surface area contributed by atoms with E-state index in [1.807, 2.05) is 0 Å². The number of hydrogen-bond acceptors (Lipinski definition) is 2. The maximum atomic E-state index is 6.19. The third kappa shape index (κ3) is 3.07. The van der Waals surface area contributed by atoms with Gasteiger partial charge in [0.05, 0.1) is 0 Å². The van der Waals surface area contributed by atoms with Gasteiger partial charge >= 0.3 is 0 Å².